The standard InChI is InChI=1S/C20H17N3O4/c21-20(24)14-10-11-15(18(12-14)23(25)26)13-22-17-8-4-5-9-19(17)27-16-6-2-1-3-7-16/h1-12,22H,13H2,(H2,21,24). The average molecular weight is 363 g/mol. The maximum atomic E-state index is 11.3. The Morgan fingerprint density at radius 2 is 1.74 bits per heavy atom. The highest BCUT2D eigenvalue weighted by atomic mass is 16.6. The summed E-state index contributed by atoms with van der Waals surface area (Å²) in [6.45, 7) is 0.185. The van der Waals surface area contributed by atoms with Gasteiger partial charge < -0.3 is 15.8 Å². The Kier molecular flexibility index (Phi) is 5.32. The minimum absolute atomic E-state index is 0.0956. The molecule has 3 aromatic rings. The number of carbonyl (C=O) groups is 1. The van der Waals surface area contributed by atoms with Crippen molar-refractivity contribution in [3.05, 3.63) is 94.0 Å². The predicted octanol–water partition coefficient (Wildman–Crippen LogP) is 4.10. The van der Waals surface area contributed by atoms with Crippen LogP contribution in [0.25, 0.3) is 0 Å². The first-order chi connectivity index (χ1) is 13.0. The van der Waals surface area contributed by atoms with E-state index in [0.717, 1.165) is 0 Å². The van der Waals surface area contributed by atoms with E-state index in [0.29, 0.717) is 22.7 Å². The van der Waals surface area contributed by atoms with Crippen molar-refractivity contribution in [2.24, 2.45) is 5.73 Å². The predicted molar refractivity (Wildman–Crippen MR) is 102 cm³/mol. The van der Waals surface area contributed by atoms with E-state index in [4.69, 9.17) is 10.5 Å². The molecule has 7 nitrogen and oxygen atoms in total. The molecule has 0 aliphatic carbocycles. The monoisotopic (exact) mass is 363 g/mol. The summed E-state index contributed by atoms with van der Waals surface area (Å²) in [7, 11) is 0. The maximum Gasteiger partial charge on any atom is 0.275 e. The van der Waals surface area contributed by atoms with Gasteiger partial charge in [0.15, 0.2) is 5.75 Å². The van der Waals surface area contributed by atoms with Crippen LogP contribution in [0.1, 0.15) is 15.9 Å². The molecule has 0 aromatic heterocycles. The number of hydrogen-bond acceptors (Lipinski definition) is 5. The Hall–Kier alpha value is -3.87. The van der Waals surface area contributed by atoms with E-state index in [-0.39, 0.29) is 17.8 Å². The topological polar surface area (TPSA) is 107 Å². The van der Waals surface area contributed by atoms with Gasteiger partial charge in [-0.05, 0) is 36.4 Å². The number of nitrogens with two attached hydrogens (primary N) is 1. The fourth-order valence-corrected chi connectivity index (χ4v) is 2.54. The number of para-hydroxylation sites is 3. The molecule has 0 saturated carbocycles. The van der Waals surface area contributed by atoms with Crippen LogP contribution in [0, 0.1) is 10.1 Å². The van der Waals surface area contributed by atoms with Gasteiger partial charge in [0.25, 0.3) is 5.69 Å². The molecule has 136 valence electrons. The van der Waals surface area contributed by atoms with Gasteiger partial charge in [-0.1, -0.05) is 30.3 Å². The summed E-state index contributed by atoms with van der Waals surface area (Å²) in [4.78, 5) is 22.0. The number of carbonyl (C=O) groups excluding carboxylic acids is 1. The zero-order chi connectivity index (χ0) is 19.2. The number of nitrogens with zero attached hydrogens (tertiary/aromatic N) is 1. The van der Waals surface area contributed by atoms with E-state index in [1.54, 1.807) is 6.07 Å². The summed E-state index contributed by atoms with van der Waals surface area (Å²) < 4.78 is 5.87. The van der Waals surface area contributed by atoms with Gasteiger partial charge in [0.1, 0.15) is 5.75 Å². The fourth-order valence-electron chi connectivity index (χ4n) is 2.54. The molecule has 3 aromatic carbocycles. The van der Waals surface area contributed by atoms with Crippen molar-refractivity contribution in [1.29, 1.82) is 0 Å². The van der Waals surface area contributed by atoms with Crippen molar-refractivity contribution in [3.63, 3.8) is 0 Å². The molecule has 0 radical (unpaired) electrons. The lowest BCUT2D eigenvalue weighted by Crippen LogP contribution is -2.12. The van der Waals surface area contributed by atoms with Gasteiger partial charge in [-0.15, -0.1) is 0 Å². The number of anilines is 1. The third-order valence-corrected chi connectivity index (χ3v) is 3.89. The molecule has 0 aliphatic heterocycles. The molecule has 1 amide bonds. The Balaban J connectivity index is 1.81. The van der Waals surface area contributed by atoms with Gasteiger partial charge in [-0.3, -0.25) is 14.9 Å². The second-order valence-corrected chi connectivity index (χ2v) is 5.73. The lowest BCUT2D eigenvalue weighted by atomic mass is 10.1. The summed E-state index contributed by atoms with van der Waals surface area (Å²) in [6.07, 6.45) is 0. The van der Waals surface area contributed by atoms with Gasteiger partial charge in [0.05, 0.1) is 10.6 Å². The first-order valence-corrected chi connectivity index (χ1v) is 8.17. The largest absolute Gasteiger partial charge is 0.455 e. The number of nitrogens with one attached hydrogen (secondary N) is 1. The van der Waals surface area contributed by atoms with Gasteiger partial charge in [-0.25, -0.2) is 0 Å². The molecule has 0 fully saturated rings. The van der Waals surface area contributed by atoms with Crippen LogP contribution in [0.15, 0.2) is 72.8 Å². The SMILES string of the molecule is NC(=O)c1ccc(CNc2ccccc2Oc2ccccc2)c([N+](=O)[O-])c1. The van der Waals surface area contributed by atoms with Crippen molar-refractivity contribution in [2.45, 2.75) is 6.54 Å². The molecular formula is C20H17N3O4. The highest BCUT2D eigenvalue weighted by Crippen LogP contribution is 2.30. The van der Waals surface area contributed by atoms with Crippen molar-refractivity contribution < 1.29 is 14.5 Å². The first-order valence-electron chi connectivity index (χ1n) is 8.17. The van der Waals surface area contributed by atoms with E-state index in [9.17, 15) is 14.9 Å². The summed E-state index contributed by atoms with van der Waals surface area (Å²) in [5, 5.41) is 14.5. The van der Waals surface area contributed by atoms with Gasteiger partial charge >= 0.3 is 0 Å². The molecule has 3 rings (SSSR count). The molecular weight excluding hydrogens is 346 g/mol. The second-order valence-electron chi connectivity index (χ2n) is 5.73. The molecule has 3 N–H and O–H groups in total. The van der Waals surface area contributed by atoms with Crippen LogP contribution >= 0.6 is 0 Å². The summed E-state index contributed by atoms with van der Waals surface area (Å²) >= 11 is 0. The third-order valence-electron chi connectivity index (χ3n) is 3.89. The fraction of sp³-hybridized carbons (Fsp3) is 0.0500. The third kappa shape index (κ3) is 4.40. The van der Waals surface area contributed by atoms with Gasteiger partial charge in [0, 0.05) is 23.7 Å². The number of nitro benzene ring substituents is 1. The van der Waals surface area contributed by atoms with E-state index in [2.05, 4.69) is 5.32 Å². The molecule has 27 heavy (non-hydrogen) atoms. The highest BCUT2D eigenvalue weighted by Gasteiger charge is 2.16. The van der Waals surface area contributed by atoms with Crippen molar-refractivity contribution >= 4 is 17.3 Å². The number of amides is 1. The number of primary amides is 1. The van der Waals surface area contributed by atoms with Crippen molar-refractivity contribution in [1.82, 2.24) is 0 Å². The number of nitro groups is 1. The number of hydrogen-bond donors (Lipinski definition) is 2. The van der Waals surface area contributed by atoms with E-state index >= 15 is 0 Å². The van der Waals surface area contributed by atoms with Crippen LogP contribution < -0.4 is 15.8 Å². The molecule has 0 bridgehead atoms. The minimum atomic E-state index is -0.709. The number of benzene rings is 3. The average Bonchev–Trinajstić information content (AvgIpc) is 2.68. The van der Waals surface area contributed by atoms with Crippen LogP contribution in [0.5, 0.6) is 11.5 Å². The van der Waals surface area contributed by atoms with Gasteiger partial charge in [0.2, 0.25) is 5.91 Å². The molecule has 0 spiro atoms. The maximum absolute atomic E-state index is 11.3. The van der Waals surface area contributed by atoms with Crippen LogP contribution in [0.2, 0.25) is 0 Å². The summed E-state index contributed by atoms with van der Waals surface area (Å²) in [6, 6.07) is 20.8. The number of ether oxygens (including phenoxy) is 1. The first kappa shape index (κ1) is 17.9. The molecule has 0 atom stereocenters. The lowest BCUT2D eigenvalue weighted by molar-refractivity contribution is -0.385. The lowest BCUT2D eigenvalue weighted by Gasteiger charge is -2.13. The van der Waals surface area contributed by atoms with E-state index in [1.165, 1.54) is 18.2 Å². The highest BCUT2D eigenvalue weighted by molar-refractivity contribution is 5.93. The van der Waals surface area contributed by atoms with Gasteiger partial charge in [-0.2, -0.15) is 0 Å². The van der Waals surface area contributed by atoms with Crippen LogP contribution in [-0.4, -0.2) is 10.8 Å². The van der Waals surface area contributed by atoms with E-state index < -0.39 is 10.8 Å². The Morgan fingerprint density at radius 1 is 1.04 bits per heavy atom. The normalized spacial score (nSPS) is 10.2. The quantitative estimate of drug-likeness (QED) is 0.485. The smallest absolute Gasteiger partial charge is 0.275 e. The van der Waals surface area contributed by atoms with Crippen molar-refractivity contribution in [3.8, 4) is 11.5 Å². The van der Waals surface area contributed by atoms with Crippen molar-refractivity contribution in [2.75, 3.05) is 5.32 Å². The molecule has 7 heteroatoms. The van der Waals surface area contributed by atoms with Crippen LogP contribution in [0.4, 0.5) is 11.4 Å². The molecule has 0 heterocycles. The summed E-state index contributed by atoms with van der Waals surface area (Å²) in [5.74, 6) is 0.572. The molecule has 0 unspecified atom stereocenters. The number of rotatable bonds is 7. The second kappa shape index (κ2) is 8.01. The Labute approximate surface area is 155 Å². The van der Waals surface area contributed by atoms with E-state index in [1.807, 2.05) is 48.5 Å². The van der Waals surface area contributed by atoms with Crippen LogP contribution in [-0.2, 0) is 6.54 Å². The van der Waals surface area contributed by atoms with Crippen LogP contribution in [0.3, 0.4) is 0 Å². The minimum Gasteiger partial charge on any atom is -0.455 e. The zero-order valence-electron chi connectivity index (χ0n) is 14.3. The molecule has 0 aliphatic rings. The zero-order valence-corrected chi connectivity index (χ0v) is 14.3. The molecule has 0 saturated heterocycles. The summed E-state index contributed by atoms with van der Waals surface area (Å²) in [5.41, 5.74) is 6.25. The Bertz CT molecular complexity index is 974. The Morgan fingerprint density at radius 3 is 2.44 bits per heavy atom.